The van der Waals surface area contributed by atoms with Crippen LogP contribution in [0.5, 0.6) is 5.75 Å². The summed E-state index contributed by atoms with van der Waals surface area (Å²) in [5.41, 5.74) is 6.03. The summed E-state index contributed by atoms with van der Waals surface area (Å²) in [6.07, 6.45) is 0.598. The monoisotopic (exact) mass is 274 g/mol. The molecule has 0 fully saturated rings. The van der Waals surface area contributed by atoms with Gasteiger partial charge in [0.25, 0.3) is 5.69 Å². The van der Waals surface area contributed by atoms with Crippen LogP contribution in [0.1, 0.15) is 24.9 Å². The van der Waals surface area contributed by atoms with E-state index in [0.717, 1.165) is 0 Å². The van der Waals surface area contributed by atoms with Gasteiger partial charge in [-0.2, -0.15) is 0 Å². The van der Waals surface area contributed by atoms with Gasteiger partial charge in [0.2, 0.25) is 0 Å². The standard InChI is InChI=1S/C9H11BrN2O3/c1-2-8(11)6-3-5(12(14)15)4-7(10)9(6)13/h3-4,8,13H,2,11H2,1H3/t8-/m1/s1. The summed E-state index contributed by atoms with van der Waals surface area (Å²) in [6.45, 7) is 1.84. The van der Waals surface area contributed by atoms with Crippen LogP contribution in [-0.4, -0.2) is 10.0 Å². The zero-order valence-corrected chi connectivity index (χ0v) is 9.69. The number of halogens is 1. The molecule has 3 N–H and O–H groups in total. The van der Waals surface area contributed by atoms with Gasteiger partial charge in [-0.25, -0.2) is 0 Å². The quantitative estimate of drug-likeness (QED) is 0.655. The average Bonchev–Trinajstić information content (AvgIpc) is 2.20. The highest BCUT2D eigenvalue weighted by Gasteiger charge is 2.18. The Balaban J connectivity index is 3.31. The second-order valence-electron chi connectivity index (χ2n) is 3.14. The number of nitrogens with zero attached hydrogens (tertiary/aromatic N) is 1. The molecule has 0 amide bonds. The minimum absolute atomic E-state index is 0.0325. The summed E-state index contributed by atoms with van der Waals surface area (Å²) in [7, 11) is 0. The van der Waals surface area contributed by atoms with Crippen LogP contribution in [0.25, 0.3) is 0 Å². The fourth-order valence-electron chi connectivity index (χ4n) is 1.21. The smallest absolute Gasteiger partial charge is 0.271 e. The van der Waals surface area contributed by atoms with Gasteiger partial charge in [-0.05, 0) is 22.4 Å². The number of non-ortho nitro benzene ring substituents is 1. The predicted octanol–water partition coefficient (Wildman–Crippen LogP) is 2.47. The van der Waals surface area contributed by atoms with Crippen LogP contribution in [0.15, 0.2) is 16.6 Å². The van der Waals surface area contributed by atoms with Gasteiger partial charge in [0.15, 0.2) is 0 Å². The van der Waals surface area contributed by atoms with Crippen LogP contribution in [0.3, 0.4) is 0 Å². The minimum Gasteiger partial charge on any atom is -0.506 e. The van der Waals surface area contributed by atoms with Crippen molar-refractivity contribution in [3.8, 4) is 5.75 Å². The van der Waals surface area contributed by atoms with Crippen molar-refractivity contribution in [3.05, 3.63) is 32.3 Å². The Labute approximate surface area is 95.2 Å². The number of aromatic hydroxyl groups is 1. The molecule has 0 bridgehead atoms. The molecule has 1 rings (SSSR count). The summed E-state index contributed by atoms with van der Waals surface area (Å²) in [6, 6.07) is 2.15. The second kappa shape index (κ2) is 4.59. The van der Waals surface area contributed by atoms with Crippen molar-refractivity contribution in [2.75, 3.05) is 0 Å². The zero-order chi connectivity index (χ0) is 11.6. The van der Waals surface area contributed by atoms with Crippen LogP contribution in [-0.2, 0) is 0 Å². The van der Waals surface area contributed by atoms with Crippen molar-refractivity contribution in [2.24, 2.45) is 5.73 Å². The molecule has 0 saturated heterocycles. The van der Waals surface area contributed by atoms with Crippen LogP contribution in [0.4, 0.5) is 5.69 Å². The second-order valence-corrected chi connectivity index (χ2v) is 3.99. The van der Waals surface area contributed by atoms with Gasteiger partial charge in [-0.15, -0.1) is 0 Å². The maximum Gasteiger partial charge on any atom is 0.271 e. The fourth-order valence-corrected chi connectivity index (χ4v) is 1.68. The number of phenols is 1. The number of phenolic OH excluding ortho intramolecular Hbond substituents is 1. The molecular formula is C9H11BrN2O3. The number of benzene rings is 1. The van der Waals surface area contributed by atoms with E-state index >= 15 is 0 Å². The fraction of sp³-hybridized carbons (Fsp3) is 0.333. The lowest BCUT2D eigenvalue weighted by Gasteiger charge is -2.12. The van der Waals surface area contributed by atoms with Gasteiger partial charge in [0.05, 0.1) is 9.40 Å². The summed E-state index contributed by atoms with van der Waals surface area (Å²) >= 11 is 3.05. The Kier molecular flexibility index (Phi) is 3.65. The van der Waals surface area contributed by atoms with Crippen molar-refractivity contribution >= 4 is 21.6 Å². The number of nitro benzene ring substituents is 1. The van der Waals surface area contributed by atoms with E-state index in [4.69, 9.17) is 5.73 Å². The Bertz CT molecular complexity index is 395. The van der Waals surface area contributed by atoms with Crippen molar-refractivity contribution in [3.63, 3.8) is 0 Å². The molecule has 1 aromatic carbocycles. The third kappa shape index (κ3) is 2.45. The highest BCUT2D eigenvalue weighted by Crippen LogP contribution is 2.35. The van der Waals surface area contributed by atoms with Crippen molar-refractivity contribution in [1.29, 1.82) is 0 Å². The topological polar surface area (TPSA) is 89.4 Å². The third-order valence-electron chi connectivity index (χ3n) is 2.13. The van der Waals surface area contributed by atoms with E-state index in [1.165, 1.54) is 12.1 Å². The van der Waals surface area contributed by atoms with Crippen molar-refractivity contribution in [1.82, 2.24) is 0 Å². The summed E-state index contributed by atoms with van der Waals surface area (Å²) in [5, 5.41) is 20.2. The van der Waals surface area contributed by atoms with Gasteiger partial charge < -0.3 is 10.8 Å². The Morgan fingerprint density at radius 1 is 1.67 bits per heavy atom. The zero-order valence-electron chi connectivity index (χ0n) is 8.11. The highest BCUT2D eigenvalue weighted by atomic mass is 79.9. The Morgan fingerprint density at radius 3 is 2.73 bits per heavy atom. The molecule has 1 aromatic rings. The molecule has 82 valence electrons. The van der Waals surface area contributed by atoms with E-state index in [1.807, 2.05) is 6.92 Å². The maximum atomic E-state index is 10.6. The van der Waals surface area contributed by atoms with Gasteiger partial charge in [0, 0.05) is 23.7 Å². The lowest BCUT2D eigenvalue weighted by molar-refractivity contribution is -0.385. The van der Waals surface area contributed by atoms with E-state index < -0.39 is 11.0 Å². The molecular weight excluding hydrogens is 264 g/mol. The number of nitrogens with two attached hydrogens (primary N) is 1. The molecule has 0 unspecified atom stereocenters. The maximum absolute atomic E-state index is 10.6. The third-order valence-corrected chi connectivity index (χ3v) is 2.73. The molecule has 0 aliphatic carbocycles. The number of hydrogen-bond donors (Lipinski definition) is 2. The first-order chi connectivity index (χ1) is 6.97. The van der Waals surface area contributed by atoms with Crippen LogP contribution < -0.4 is 5.73 Å². The van der Waals surface area contributed by atoms with Gasteiger partial charge in [-0.1, -0.05) is 6.92 Å². The van der Waals surface area contributed by atoms with Crippen LogP contribution in [0.2, 0.25) is 0 Å². The molecule has 15 heavy (non-hydrogen) atoms. The van der Waals surface area contributed by atoms with Gasteiger partial charge >= 0.3 is 0 Å². The van der Waals surface area contributed by atoms with Crippen molar-refractivity contribution in [2.45, 2.75) is 19.4 Å². The molecule has 0 aliphatic rings. The number of hydrogen-bond acceptors (Lipinski definition) is 4. The molecule has 6 heteroatoms. The molecule has 0 aromatic heterocycles. The average molecular weight is 275 g/mol. The number of nitro groups is 1. The number of rotatable bonds is 3. The van der Waals surface area contributed by atoms with E-state index in [0.29, 0.717) is 12.0 Å². The van der Waals surface area contributed by atoms with Gasteiger partial charge in [0.1, 0.15) is 5.75 Å². The summed E-state index contributed by atoms with van der Waals surface area (Å²) in [4.78, 5) is 10.1. The van der Waals surface area contributed by atoms with Gasteiger partial charge in [-0.3, -0.25) is 10.1 Å². The summed E-state index contributed by atoms with van der Waals surface area (Å²) in [5.74, 6) is -0.0325. The first kappa shape index (κ1) is 11.9. The van der Waals surface area contributed by atoms with Crippen LogP contribution >= 0.6 is 15.9 Å². The normalized spacial score (nSPS) is 12.5. The minimum atomic E-state index is -0.518. The van der Waals surface area contributed by atoms with E-state index in [-0.39, 0.29) is 15.9 Å². The lowest BCUT2D eigenvalue weighted by Crippen LogP contribution is -2.09. The SMILES string of the molecule is CC[C@@H](N)c1cc([N+](=O)[O-])cc(Br)c1O. The molecule has 5 nitrogen and oxygen atoms in total. The van der Waals surface area contributed by atoms with E-state index in [1.54, 1.807) is 0 Å². The van der Waals surface area contributed by atoms with E-state index in [9.17, 15) is 15.2 Å². The lowest BCUT2D eigenvalue weighted by atomic mass is 10.0. The molecule has 1 atom stereocenters. The first-order valence-corrected chi connectivity index (χ1v) is 5.19. The Morgan fingerprint density at radius 2 is 2.27 bits per heavy atom. The first-order valence-electron chi connectivity index (χ1n) is 4.39. The molecule has 0 saturated carbocycles. The predicted molar refractivity (Wildman–Crippen MR) is 59.7 cm³/mol. The molecule has 0 aliphatic heterocycles. The van der Waals surface area contributed by atoms with E-state index in [2.05, 4.69) is 15.9 Å². The highest BCUT2D eigenvalue weighted by molar-refractivity contribution is 9.10. The van der Waals surface area contributed by atoms with Crippen molar-refractivity contribution < 1.29 is 10.0 Å². The largest absolute Gasteiger partial charge is 0.506 e. The Hall–Kier alpha value is -1.14. The molecule has 0 spiro atoms. The molecule has 0 radical (unpaired) electrons. The molecule has 0 heterocycles. The van der Waals surface area contributed by atoms with Crippen LogP contribution in [0, 0.1) is 10.1 Å². The summed E-state index contributed by atoms with van der Waals surface area (Å²) < 4.78 is 0.288.